The van der Waals surface area contributed by atoms with E-state index in [1.54, 1.807) is 38.0 Å². The van der Waals surface area contributed by atoms with Gasteiger partial charge in [0.25, 0.3) is 0 Å². The predicted octanol–water partition coefficient (Wildman–Crippen LogP) is 3.29. The number of rotatable bonds is 5. The van der Waals surface area contributed by atoms with E-state index in [-0.39, 0.29) is 0 Å². The van der Waals surface area contributed by atoms with Crippen LogP contribution in [-0.4, -0.2) is 36.6 Å². The quantitative estimate of drug-likeness (QED) is 0.529. The highest BCUT2D eigenvalue weighted by Gasteiger charge is 2.13. The molecule has 0 spiro atoms. The molecule has 0 fully saturated rings. The first-order valence-corrected chi connectivity index (χ1v) is 9.02. The van der Waals surface area contributed by atoms with Gasteiger partial charge in [0.15, 0.2) is 0 Å². The van der Waals surface area contributed by atoms with E-state index in [1.165, 1.54) is 0 Å². The molecule has 0 amide bonds. The molecule has 4 heterocycles. The molecule has 0 aromatic carbocycles. The number of pyridine rings is 1. The molecule has 0 saturated carbocycles. The van der Waals surface area contributed by atoms with Crippen molar-refractivity contribution in [2.75, 3.05) is 7.11 Å². The Hall–Kier alpha value is -3.99. The fourth-order valence-electron chi connectivity index (χ4n) is 3.23. The van der Waals surface area contributed by atoms with Gasteiger partial charge in [0, 0.05) is 29.8 Å². The average Bonchev–Trinajstić information content (AvgIpc) is 3.28. The Labute approximate surface area is 167 Å². The van der Waals surface area contributed by atoms with E-state index in [0.717, 1.165) is 28.2 Å². The van der Waals surface area contributed by atoms with E-state index in [2.05, 4.69) is 41.6 Å². The van der Waals surface area contributed by atoms with Crippen LogP contribution in [0.1, 0.15) is 28.5 Å². The van der Waals surface area contributed by atoms with E-state index < -0.39 is 0 Å². The van der Waals surface area contributed by atoms with Crippen LogP contribution in [0.4, 0.5) is 0 Å². The fourth-order valence-corrected chi connectivity index (χ4v) is 3.23. The summed E-state index contributed by atoms with van der Waals surface area (Å²) in [4.78, 5) is 20.3. The molecule has 0 aliphatic heterocycles. The van der Waals surface area contributed by atoms with Gasteiger partial charge in [-0.3, -0.25) is 9.97 Å². The highest BCUT2D eigenvalue weighted by Crippen LogP contribution is 2.24. The first-order valence-electron chi connectivity index (χ1n) is 9.02. The van der Waals surface area contributed by atoms with Crippen molar-refractivity contribution in [1.29, 1.82) is 5.26 Å². The van der Waals surface area contributed by atoms with Crippen molar-refractivity contribution in [3.63, 3.8) is 0 Å². The van der Waals surface area contributed by atoms with Gasteiger partial charge >= 0.3 is 0 Å². The van der Waals surface area contributed by atoms with Gasteiger partial charge in [0.2, 0.25) is 5.88 Å². The number of imidazole rings is 1. The number of methoxy groups -OCH3 is 1. The normalized spacial score (nSPS) is 11.6. The lowest BCUT2D eigenvalue weighted by Gasteiger charge is -2.08. The molecule has 4 aromatic rings. The molecule has 0 atom stereocenters. The number of nitrogens with zero attached hydrogens (tertiary/aromatic N) is 6. The van der Waals surface area contributed by atoms with Crippen molar-refractivity contribution >= 4 is 22.7 Å². The van der Waals surface area contributed by atoms with Gasteiger partial charge < -0.3 is 14.3 Å². The summed E-state index contributed by atoms with van der Waals surface area (Å²) in [6.07, 6.45) is 8.59. The smallest absolute Gasteiger partial charge is 0.215 e. The van der Waals surface area contributed by atoms with Crippen LogP contribution in [0.5, 0.6) is 5.88 Å². The van der Waals surface area contributed by atoms with Crippen LogP contribution in [0, 0.1) is 25.2 Å². The molecule has 8 heteroatoms. The second-order valence-electron chi connectivity index (χ2n) is 6.61. The molecule has 29 heavy (non-hydrogen) atoms. The van der Waals surface area contributed by atoms with Gasteiger partial charge in [-0.2, -0.15) is 5.26 Å². The number of aryl methyl sites for hydroxylation is 1. The Kier molecular flexibility index (Phi) is 4.79. The van der Waals surface area contributed by atoms with Gasteiger partial charge in [-0.05, 0) is 31.6 Å². The molecule has 0 bridgehead atoms. The Balaban J connectivity index is 1.71. The van der Waals surface area contributed by atoms with Gasteiger partial charge in [0.1, 0.15) is 11.9 Å². The predicted molar refractivity (Wildman–Crippen MR) is 109 cm³/mol. The molecule has 1 N–H and O–H groups in total. The Morgan fingerprint density at radius 3 is 2.83 bits per heavy atom. The third-order valence-corrected chi connectivity index (χ3v) is 4.78. The van der Waals surface area contributed by atoms with Gasteiger partial charge in [-0.15, -0.1) is 0 Å². The van der Waals surface area contributed by atoms with E-state index in [1.807, 2.05) is 19.9 Å². The SMILES string of the molecule is COc1cc2nc(/C(C#N)=C/c3cc(C)n(Cc4cnccn4)c3C)[nH]c2cn1. The second kappa shape index (κ2) is 7.56. The molecule has 4 aromatic heterocycles. The molecule has 4 rings (SSSR count). The monoisotopic (exact) mass is 385 g/mol. The van der Waals surface area contributed by atoms with Crippen molar-refractivity contribution in [1.82, 2.24) is 29.5 Å². The van der Waals surface area contributed by atoms with Gasteiger partial charge in [0.05, 0.1) is 48.3 Å². The summed E-state index contributed by atoms with van der Waals surface area (Å²) in [5, 5.41) is 9.73. The molecule has 0 radical (unpaired) electrons. The third-order valence-electron chi connectivity index (χ3n) is 4.78. The summed E-state index contributed by atoms with van der Waals surface area (Å²) in [7, 11) is 1.55. The van der Waals surface area contributed by atoms with Crippen LogP contribution >= 0.6 is 0 Å². The summed E-state index contributed by atoms with van der Waals surface area (Å²) in [5.74, 6) is 0.974. The minimum atomic E-state index is 0.444. The van der Waals surface area contributed by atoms with E-state index in [9.17, 15) is 5.26 Å². The minimum absolute atomic E-state index is 0.444. The number of aromatic nitrogens is 6. The van der Waals surface area contributed by atoms with E-state index in [0.29, 0.717) is 29.3 Å². The molecule has 0 saturated heterocycles. The largest absolute Gasteiger partial charge is 0.481 e. The molecule has 0 aliphatic rings. The number of hydrogen-bond acceptors (Lipinski definition) is 6. The lowest BCUT2D eigenvalue weighted by atomic mass is 10.1. The Bertz CT molecular complexity index is 1250. The summed E-state index contributed by atoms with van der Waals surface area (Å²) in [6, 6.07) is 6.03. The average molecular weight is 385 g/mol. The Morgan fingerprint density at radius 1 is 1.24 bits per heavy atom. The number of ether oxygens (including phenoxy) is 1. The van der Waals surface area contributed by atoms with Gasteiger partial charge in [-0.1, -0.05) is 0 Å². The van der Waals surface area contributed by atoms with Gasteiger partial charge in [-0.25, -0.2) is 9.97 Å². The zero-order chi connectivity index (χ0) is 20.4. The summed E-state index contributed by atoms with van der Waals surface area (Å²) in [5.41, 5.74) is 5.84. The molecular weight excluding hydrogens is 366 g/mol. The number of allylic oxidation sites excluding steroid dienone is 1. The number of H-pyrrole nitrogens is 1. The zero-order valence-corrected chi connectivity index (χ0v) is 16.3. The number of nitriles is 1. The van der Waals surface area contributed by atoms with Crippen LogP contribution in [0.25, 0.3) is 22.7 Å². The maximum Gasteiger partial charge on any atom is 0.215 e. The topological polar surface area (TPSA) is 105 Å². The zero-order valence-electron chi connectivity index (χ0n) is 16.3. The lowest BCUT2D eigenvalue weighted by Crippen LogP contribution is -2.05. The van der Waals surface area contributed by atoms with Crippen LogP contribution in [-0.2, 0) is 6.54 Å². The summed E-state index contributed by atoms with van der Waals surface area (Å²) in [6.45, 7) is 4.68. The van der Waals surface area contributed by atoms with Crippen molar-refractivity contribution in [3.05, 3.63) is 65.4 Å². The first kappa shape index (κ1) is 18.4. The third kappa shape index (κ3) is 3.58. The van der Waals surface area contributed by atoms with Crippen LogP contribution in [0.2, 0.25) is 0 Å². The van der Waals surface area contributed by atoms with Crippen LogP contribution in [0.3, 0.4) is 0 Å². The highest BCUT2D eigenvalue weighted by atomic mass is 16.5. The maximum atomic E-state index is 9.73. The second-order valence-corrected chi connectivity index (χ2v) is 6.61. The van der Waals surface area contributed by atoms with Crippen molar-refractivity contribution in [2.24, 2.45) is 0 Å². The standard InChI is InChI=1S/C21H19N7O/c1-13-6-15(14(2)28(13)12-17-10-23-4-5-24-17)7-16(9-22)21-26-18-8-20(29-3)25-11-19(18)27-21/h4-8,10-11H,12H2,1-3H3,(H,26,27)/b16-7+. The number of fused-ring (bicyclic) bond motifs is 1. The summed E-state index contributed by atoms with van der Waals surface area (Å²) < 4.78 is 7.29. The molecular formula is C21H19N7O. The Morgan fingerprint density at radius 2 is 2.10 bits per heavy atom. The minimum Gasteiger partial charge on any atom is -0.481 e. The number of aromatic amines is 1. The maximum absolute atomic E-state index is 9.73. The molecule has 8 nitrogen and oxygen atoms in total. The highest BCUT2D eigenvalue weighted by molar-refractivity contribution is 5.90. The molecule has 0 aliphatic carbocycles. The van der Waals surface area contributed by atoms with Crippen molar-refractivity contribution in [3.8, 4) is 11.9 Å². The van der Waals surface area contributed by atoms with Crippen LogP contribution < -0.4 is 4.74 Å². The van der Waals surface area contributed by atoms with Crippen LogP contribution in [0.15, 0.2) is 36.9 Å². The van der Waals surface area contributed by atoms with Crippen molar-refractivity contribution in [2.45, 2.75) is 20.4 Å². The molecule has 0 unspecified atom stereocenters. The molecule has 144 valence electrons. The van der Waals surface area contributed by atoms with Crippen molar-refractivity contribution < 1.29 is 4.74 Å². The first-order chi connectivity index (χ1) is 14.1. The number of nitrogens with one attached hydrogen (secondary N) is 1. The number of hydrogen-bond donors (Lipinski definition) is 1. The van der Waals surface area contributed by atoms with E-state index in [4.69, 9.17) is 4.74 Å². The lowest BCUT2D eigenvalue weighted by molar-refractivity contribution is 0.398. The van der Waals surface area contributed by atoms with E-state index >= 15 is 0 Å². The fraction of sp³-hybridized carbons (Fsp3) is 0.190. The summed E-state index contributed by atoms with van der Waals surface area (Å²) >= 11 is 0.